The number of guanidine groups is 1. The summed E-state index contributed by atoms with van der Waals surface area (Å²) < 4.78 is 10.6. The number of aliphatic imine (C=N–C) groups is 1. The van der Waals surface area contributed by atoms with Gasteiger partial charge in [0.05, 0.1) is 19.9 Å². The van der Waals surface area contributed by atoms with Gasteiger partial charge >= 0.3 is 0 Å². The number of nitrogens with two attached hydrogens (primary N) is 1. The Morgan fingerprint density at radius 2 is 1.89 bits per heavy atom. The SMILES string of the molecule is COc1ccc(OC)c(NC(N)=NCCC(C)N(C)Cc2ccccc2)c1. The van der Waals surface area contributed by atoms with E-state index in [2.05, 4.69) is 53.4 Å². The van der Waals surface area contributed by atoms with Crippen LogP contribution < -0.4 is 20.5 Å². The van der Waals surface area contributed by atoms with Crippen molar-refractivity contribution in [2.45, 2.75) is 25.9 Å². The Morgan fingerprint density at radius 1 is 1.15 bits per heavy atom. The molecule has 1 atom stereocenters. The molecule has 2 aromatic rings. The zero-order chi connectivity index (χ0) is 19.6. The van der Waals surface area contributed by atoms with Crippen LogP contribution >= 0.6 is 0 Å². The molecule has 0 saturated heterocycles. The molecule has 1 unspecified atom stereocenters. The molecule has 0 aliphatic rings. The first kappa shape index (κ1) is 20.6. The number of anilines is 1. The molecule has 6 heteroatoms. The molecule has 27 heavy (non-hydrogen) atoms. The van der Waals surface area contributed by atoms with Crippen molar-refractivity contribution in [3.8, 4) is 11.5 Å². The van der Waals surface area contributed by atoms with Gasteiger partial charge in [0.2, 0.25) is 0 Å². The van der Waals surface area contributed by atoms with Crippen molar-refractivity contribution >= 4 is 11.6 Å². The highest BCUT2D eigenvalue weighted by molar-refractivity contribution is 5.94. The zero-order valence-corrected chi connectivity index (χ0v) is 16.6. The standard InChI is InChI=1S/C21H30N4O2/c1-16(25(2)15-17-8-6-5-7-9-17)12-13-23-21(22)24-19-14-18(26-3)10-11-20(19)27-4/h5-11,14,16H,12-13,15H2,1-4H3,(H3,22,23,24). The van der Waals surface area contributed by atoms with Gasteiger partial charge in [-0.3, -0.25) is 9.89 Å². The number of nitrogens with one attached hydrogen (secondary N) is 1. The van der Waals surface area contributed by atoms with Crippen LogP contribution in [0.15, 0.2) is 53.5 Å². The second kappa shape index (κ2) is 10.4. The second-order valence-electron chi connectivity index (χ2n) is 6.50. The summed E-state index contributed by atoms with van der Waals surface area (Å²) in [4.78, 5) is 6.76. The van der Waals surface area contributed by atoms with Crippen LogP contribution in [-0.2, 0) is 6.54 Å². The maximum Gasteiger partial charge on any atom is 0.193 e. The number of rotatable bonds is 9. The van der Waals surface area contributed by atoms with Gasteiger partial charge in [-0.05, 0) is 38.1 Å². The molecule has 0 bridgehead atoms. The van der Waals surface area contributed by atoms with Crippen LogP contribution in [0.5, 0.6) is 11.5 Å². The monoisotopic (exact) mass is 370 g/mol. The molecule has 0 aliphatic carbocycles. The number of benzene rings is 2. The number of hydrogen-bond donors (Lipinski definition) is 2. The van der Waals surface area contributed by atoms with Crippen LogP contribution in [0, 0.1) is 0 Å². The highest BCUT2D eigenvalue weighted by atomic mass is 16.5. The molecule has 0 radical (unpaired) electrons. The number of methoxy groups -OCH3 is 2. The summed E-state index contributed by atoms with van der Waals surface area (Å²) in [5.74, 6) is 1.77. The van der Waals surface area contributed by atoms with E-state index in [9.17, 15) is 0 Å². The van der Waals surface area contributed by atoms with E-state index in [-0.39, 0.29) is 0 Å². The molecule has 3 N–H and O–H groups in total. The van der Waals surface area contributed by atoms with Crippen LogP contribution in [-0.4, -0.2) is 44.7 Å². The number of nitrogens with zero attached hydrogens (tertiary/aromatic N) is 2. The molecule has 6 nitrogen and oxygen atoms in total. The summed E-state index contributed by atoms with van der Waals surface area (Å²) in [6, 6.07) is 16.3. The zero-order valence-electron chi connectivity index (χ0n) is 16.6. The highest BCUT2D eigenvalue weighted by Crippen LogP contribution is 2.28. The molecule has 2 rings (SSSR count). The van der Waals surface area contributed by atoms with Gasteiger partial charge < -0.3 is 20.5 Å². The lowest BCUT2D eigenvalue weighted by atomic mass is 10.1. The Labute approximate surface area is 162 Å². The molecule has 2 aromatic carbocycles. The summed E-state index contributed by atoms with van der Waals surface area (Å²) in [6.07, 6.45) is 0.918. The lowest BCUT2D eigenvalue weighted by Gasteiger charge is -2.24. The largest absolute Gasteiger partial charge is 0.497 e. The average Bonchev–Trinajstić information content (AvgIpc) is 2.68. The van der Waals surface area contributed by atoms with Crippen LogP contribution in [0.1, 0.15) is 18.9 Å². The third kappa shape index (κ3) is 6.49. The van der Waals surface area contributed by atoms with Gasteiger partial charge in [-0.25, -0.2) is 0 Å². The van der Waals surface area contributed by atoms with E-state index in [0.29, 0.717) is 24.3 Å². The summed E-state index contributed by atoms with van der Waals surface area (Å²) in [6.45, 7) is 3.76. The van der Waals surface area contributed by atoms with E-state index in [4.69, 9.17) is 15.2 Å². The van der Waals surface area contributed by atoms with Crippen LogP contribution in [0.25, 0.3) is 0 Å². The van der Waals surface area contributed by atoms with E-state index in [0.717, 1.165) is 24.4 Å². The molecular weight excluding hydrogens is 340 g/mol. The minimum absolute atomic E-state index is 0.361. The quantitative estimate of drug-likeness (QED) is 0.523. The second-order valence-corrected chi connectivity index (χ2v) is 6.50. The normalized spacial score (nSPS) is 12.7. The van der Waals surface area contributed by atoms with E-state index < -0.39 is 0 Å². The molecule has 0 heterocycles. The molecule has 0 amide bonds. The highest BCUT2D eigenvalue weighted by Gasteiger charge is 2.10. The van der Waals surface area contributed by atoms with Crippen molar-refractivity contribution in [1.29, 1.82) is 0 Å². The van der Waals surface area contributed by atoms with Crippen molar-refractivity contribution in [1.82, 2.24) is 4.90 Å². The van der Waals surface area contributed by atoms with Crippen LogP contribution in [0.2, 0.25) is 0 Å². The third-order valence-corrected chi connectivity index (χ3v) is 4.53. The maximum atomic E-state index is 6.04. The minimum atomic E-state index is 0.361. The Bertz CT molecular complexity index is 734. The van der Waals surface area contributed by atoms with Crippen LogP contribution in [0.3, 0.4) is 0 Å². The first-order valence-electron chi connectivity index (χ1n) is 9.06. The van der Waals surface area contributed by atoms with Gasteiger partial charge in [-0.2, -0.15) is 0 Å². The van der Waals surface area contributed by atoms with Crippen molar-refractivity contribution in [3.63, 3.8) is 0 Å². The van der Waals surface area contributed by atoms with Gasteiger partial charge in [-0.15, -0.1) is 0 Å². The summed E-state index contributed by atoms with van der Waals surface area (Å²) >= 11 is 0. The Morgan fingerprint density at radius 3 is 2.56 bits per heavy atom. The van der Waals surface area contributed by atoms with E-state index in [1.54, 1.807) is 14.2 Å². The third-order valence-electron chi connectivity index (χ3n) is 4.53. The molecule has 0 fully saturated rings. The average molecular weight is 370 g/mol. The number of ether oxygens (including phenoxy) is 2. The summed E-state index contributed by atoms with van der Waals surface area (Å²) in [5, 5.41) is 3.09. The molecular formula is C21H30N4O2. The first-order valence-corrected chi connectivity index (χ1v) is 9.06. The Hall–Kier alpha value is -2.73. The van der Waals surface area contributed by atoms with Gasteiger partial charge in [0.15, 0.2) is 5.96 Å². The van der Waals surface area contributed by atoms with Gasteiger partial charge in [0, 0.05) is 25.2 Å². The van der Waals surface area contributed by atoms with Gasteiger partial charge in [0.1, 0.15) is 11.5 Å². The lowest BCUT2D eigenvalue weighted by molar-refractivity contribution is 0.240. The Kier molecular flexibility index (Phi) is 7.95. The molecule has 146 valence electrons. The van der Waals surface area contributed by atoms with Crippen molar-refractivity contribution in [2.75, 3.05) is 33.1 Å². The van der Waals surface area contributed by atoms with Gasteiger partial charge in [-0.1, -0.05) is 30.3 Å². The van der Waals surface area contributed by atoms with Crippen molar-refractivity contribution in [3.05, 3.63) is 54.1 Å². The maximum absolute atomic E-state index is 6.04. The topological polar surface area (TPSA) is 72.1 Å². The fourth-order valence-corrected chi connectivity index (χ4v) is 2.71. The number of hydrogen-bond acceptors (Lipinski definition) is 4. The van der Waals surface area contributed by atoms with E-state index in [1.165, 1.54) is 5.56 Å². The predicted octanol–water partition coefficient (Wildman–Crippen LogP) is 3.34. The summed E-state index contributed by atoms with van der Waals surface area (Å²) in [5.41, 5.74) is 8.07. The molecule has 0 aromatic heterocycles. The summed E-state index contributed by atoms with van der Waals surface area (Å²) in [7, 11) is 5.37. The fourth-order valence-electron chi connectivity index (χ4n) is 2.71. The first-order chi connectivity index (χ1) is 13.0. The van der Waals surface area contributed by atoms with Crippen LogP contribution in [0.4, 0.5) is 5.69 Å². The molecule has 0 spiro atoms. The Balaban J connectivity index is 1.86. The van der Waals surface area contributed by atoms with E-state index in [1.807, 2.05) is 24.3 Å². The molecule has 0 aliphatic heterocycles. The fraction of sp³-hybridized carbons (Fsp3) is 0.381. The van der Waals surface area contributed by atoms with Crippen molar-refractivity contribution in [2.24, 2.45) is 10.7 Å². The predicted molar refractivity (Wildman–Crippen MR) is 112 cm³/mol. The van der Waals surface area contributed by atoms with Gasteiger partial charge in [0.25, 0.3) is 0 Å². The lowest BCUT2D eigenvalue weighted by Crippen LogP contribution is -2.30. The van der Waals surface area contributed by atoms with Crippen molar-refractivity contribution < 1.29 is 9.47 Å². The van der Waals surface area contributed by atoms with E-state index >= 15 is 0 Å². The minimum Gasteiger partial charge on any atom is -0.497 e. The smallest absolute Gasteiger partial charge is 0.193 e. The molecule has 0 saturated carbocycles.